The number of aromatic nitrogens is 6. The highest BCUT2D eigenvalue weighted by atomic mass is 16.3. The molecule has 0 amide bonds. The zero-order chi connectivity index (χ0) is 15.2. The van der Waals surface area contributed by atoms with Crippen LogP contribution in [0.2, 0.25) is 0 Å². The average Bonchev–Trinajstić information content (AvgIpc) is 3.32. The van der Waals surface area contributed by atoms with Gasteiger partial charge in [0, 0.05) is 6.20 Å². The van der Waals surface area contributed by atoms with Gasteiger partial charge in [-0.15, -0.1) is 10.2 Å². The molecular formula is C16H10N6O. The second-order valence-corrected chi connectivity index (χ2v) is 5.07. The van der Waals surface area contributed by atoms with E-state index in [0.717, 1.165) is 11.1 Å². The van der Waals surface area contributed by atoms with E-state index in [2.05, 4.69) is 20.2 Å². The van der Waals surface area contributed by atoms with Crippen molar-refractivity contribution in [1.82, 2.24) is 29.4 Å². The third-order valence-corrected chi connectivity index (χ3v) is 3.62. The minimum atomic E-state index is 0.525. The molecule has 1 aromatic carbocycles. The standard InChI is InChI=1S/C16H10N6O/c1-2-5-11(6-3-1)21-9-12-14(19-21)17-10-22-16(12)18-15(20-22)13-7-4-8-23-13/h1-10H. The maximum Gasteiger partial charge on any atom is 0.217 e. The van der Waals surface area contributed by atoms with Crippen molar-refractivity contribution in [3.8, 4) is 17.3 Å². The summed E-state index contributed by atoms with van der Waals surface area (Å²) in [5, 5.41) is 9.74. The molecule has 0 aliphatic rings. The molecule has 110 valence electrons. The Balaban J connectivity index is 1.74. The van der Waals surface area contributed by atoms with Crippen LogP contribution in [0.5, 0.6) is 0 Å². The Morgan fingerprint density at radius 2 is 1.87 bits per heavy atom. The van der Waals surface area contributed by atoms with E-state index in [1.165, 1.54) is 0 Å². The number of hydrogen-bond acceptors (Lipinski definition) is 5. The lowest BCUT2D eigenvalue weighted by Crippen LogP contribution is -1.93. The molecule has 0 bridgehead atoms. The molecule has 0 saturated heterocycles. The van der Waals surface area contributed by atoms with E-state index in [1.54, 1.807) is 21.8 Å². The fourth-order valence-electron chi connectivity index (χ4n) is 2.54. The summed E-state index contributed by atoms with van der Waals surface area (Å²) in [6, 6.07) is 13.5. The molecule has 0 N–H and O–H groups in total. The first-order valence-corrected chi connectivity index (χ1v) is 7.08. The van der Waals surface area contributed by atoms with Crippen molar-refractivity contribution in [3.63, 3.8) is 0 Å². The Hall–Kier alpha value is -3.48. The summed E-state index contributed by atoms with van der Waals surface area (Å²) in [5.41, 5.74) is 2.29. The molecule has 0 aliphatic carbocycles. The quantitative estimate of drug-likeness (QED) is 0.501. The Bertz CT molecular complexity index is 1110. The molecule has 0 aliphatic heterocycles. The summed E-state index contributed by atoms with van der Waals surface area (Å²) < 4.78 is 8.78. The number of nitrogens with zero attached hydrogens (tertiary/aromatic N) is 6. The Kier molecular flexibility index (Phi) is 2.37. The van der Waals surface area contributed by atoms with Crippen LogP contribution in [0.1, 0.15) is 0 Å². The van der Waals surface area contributed by atoms with E-state index in [-0.39, 0.29) is 0 Å². The molecule has 0 radical (unpaired) electrons. The Labute approximate surface area is 129 Å². The van der Waals surface area contributed by atoms with E-state index in [0.29, 0.717) is 22.9 Å². The lowest BCUT2D eigenvalue weighted by Gasteiger charge is -1.97. The number of para-hydroxylation sites is 1. The molecule has 4 heterocycles. The van der Waals surface area contributed by atoms with Gasteiger partial charge in [0.15, 0.2) is 17.1 Å². The molecule has 7 nitrogen and oxygen atoms in total. The highest BCUT2D eigenvalue weighted by Crippen LogP contribution is 2.21. The molecule has 5 aromatic rings. The SMILES string of the molecule is c1ccc(-n2cc3c(ncn4nc(-c5ccco5)nc34)n2)cc1. The molecule has 0 unspecified atom stereocenters. The van der Waals surface area contributed by atoms with Crippen LogP contribution >= 0.6 is 0 Å². The van der Waals surface area contributed by atoms with Crippen molar-refractivity contribution >= 4 is 16.7 Å². The van der Waals surface area contributed by atoms with Crippen LogP contribution in [-0.4, -0.2) is 29.4 Å². The van der Waals surface area contributed by atoms with Crippen molar-refractivity contribution in [2.75, 3.05) is 0 Å². The van der Waals surface area contributed by atoms with E-state index in [4.69, 9.17) is 4.42 Å². The summed E-state index contributed by atoms with van der Waals surface area (Å²) in [6.07, 6.45) is 5.12. The molecule has 0 saturated carbocycles. The second-order valence-electron chi connectivity index (χ2n) is 5.07. The minimum Gasteiger partial charge on any atom is -0.461 e. The zero-order valence-corrected chi connectivity index (χ0v) is 11.9. The van der Waals surface area contributed by atoms with Crippen molar-refractivity contribution in [3.05, 3.63) is 61.3 Å². The molecule has 0 spiro atoms. The Morgan fingerprint density at radius 1 is 0.957 bits per heavy atom. The fourth-order valence-corrected chi connectivity index (χ4v) is 2.54. The van der Waals surface area contributed by atoms with Crippen LogP contribution in [0.3, 0.4) is 0 Å². The zero-order valence-electron chi connectivity index (χ0n) is 11.9. The summed E-state index contributed by atoms with van der Waals surface area (Å²) >= 11 is 0. The van der Waals surface area contributed by atoms with Gasteiger partial charge in [0.25, 0.3) is 0 Å². The largest absolute Gasteiger partial charge is 0.461 e. The lowest BCUT2D eigenvalue weighted by atomic mass is 10.3. The lowest BCUT2D eigenvalue weighted by molar-refractivity contribution is 0.577. The van der Waals surface area contributed by atoms with E-state index in [1.807, 2.05) is 48.7 Å². The van der Waals surface area contributed by atoms with E-state index in [9.17, 15) is 0 Å². The highest BCUT2D eigenvalue weighted by molar-refractivity contribution is 5.89. The van der Waals surface area contributed by atoms with Gasteiger partial charge in [-0.25, -0.2) is 19.2 Å². The summed E-state index contributed by atoms with van der Waals surface area (Å²) in [7, 11) is 0. The van der Waals surface area contributed by atoms with E-state index >= 15 is 0 Å². The van der Waals surface area contributed by atoms with Crippen molar-refractivity contribution in [2.45, 2.75) is 0 Å². The first kappa shape index (κ1) is 12.1. The molecule has 0 atom stereocenters. The van der Waals surface area contributed by atoms with Gasteiger partial charge in [-0.3, -0.25) is 0 Å². The number of hydrogen-bond donors (Lipinski definition) is 0. The maximum atomic E-state index is 5.36. The third kappa shape index (κ3) is 1.83. The van der Waals surface area contributed by atoms with Crippen LogP contribution in [0.15, 0.2) is 65.7 Å². The van der Waals surface area contributed by atoms with Crippen LogP contribution in [0.25, 0.3) is 34.0 Å². The first-order valence-electron chi connectivity index (χ1n) is 7.08. The average molecular weight is 302 g/mol. The summed E-state index contributed by atoms with van der Waals surface area (Å²) in [4.78, 5) is 8.90. The minimum absolute atomic E-state index is 0.525. The number of furan rings is 1. The van der Waals surface area contributed by atoms with Crippen LogP contribution < -0.4 is 0 Å². The number of benzene rings is 1. The van der Waals surface area contributed by atoms with Gasteiger partial charge in [-0.05, 0) is 24.3 Å². The number of fused-ring (bicyclic) bond motifs is 3. The first-order chi connectivity index (χ1) is 11.4. The molecule has 4 aromatic heterocycles. The smallest absolute Gasteiger partial charge is 0.217 e. The Morgan fingerprint density at radius 3 is 2.70 bits per heavy atom. The predicted octanol–water partition coefficient (Wildman–Crippen LogP) is 2.72. The van der Waals surface area contributed by atoms with Gasteiger partial charge >= 0.3 is 0 Å². The maximum absolute atomic E-state index is 5.36. The van der Waals surface area contributed by atoms with Crippen molar-refractivity contribution < 1.29 is 4.42 Å². The van der Waals surface area contributed by atoms with Gasteiger partial charge in [0.05, 0.1) is 17.3 Å². The monoisotopic (exact) mass is 302 g/mol. The van der Waals surface area contributed by atoms with Gasteiger partial charge in [-0.1, -0.05) is 18.2 Å². The molecule has 5 rings (SSSR count). The summed E-state index contributed by atoms with van der Waals surface area (Å²) in [6.45, 7) is 0. The van der Waals surface area contributed by atoms with Gasteiger partial charge in [0.1, 0.15) is 6.33 Å². The van der Waals surface area contributed by atoms with Crippen LogP contribution in [0, 0.1) is 0 Å². The van der Waals surface area contributed by atoms with Gasteiger partial charge in [0.2, 0.25) is 5.82 Å². The van der Waals surface area contributed by atoms with Crippen LogP contribution in [-0.2, 0) is 0 Å². The van der Waals surface area contributed by atoms with Crippen LogP contribution in [0.4, 0.5) is 0 Å². The summed E-state index contributed by atoms with van der Waals surface area (Å²) in [5.74, 6) is 1.15. The second kappa shape index (κ2) is 4.51. The van der Waals surface area contributed by atoms with Crippen molar-refractivity contribution in [2.24, 2.45) is 0 Å². The molecule has 23 heavy (non-hydrogen) atoms. The molecular weight excluding hydrogens is 292 g/mol. The predicted molar refractivity (Wildman–Crippen MR) is 83.1 cm³/mol. The van der Waals surface area contributed by atoms with E-state index < -0.39 is 0 Å². The van der Waals surface area contributed by atoms with Gasteiger partial charge in [-0.2, -0.15) is 0 Å². The topological polar surface area (TPSA) is 74.0 Å². The third-order valence-electron chi connectivity index (χ3n) is 3.62. The highest BCUT2D eigenvalue weighted by Gasteiger charge is 2.14. The normalized spacial score (nSPS) is 11.5. The van der Waals surface area contributed by atoms with Crippen molar-refractivity contribution in [1.29, 1.82) is 0 Å². The number of rotatable bonds is 2. The van der Waals surface area contributed by atoms with Gasteiger partial charge < -0.3 is 4.42 Å². The molecule has 0 fully saturated rings. The molecule has 7 heteroatoms. The fraction of sp³-hybridized carbons (Fsp3) is 0.